The molecule has 0 unspecified atom stereocenters. The summed E-state index contributed by atoms with van der Waals surface area (Å²) in [5.74, 6) is 0. The molecule has 2 nitrogen and oxygen atoms in total. The van der Waals surface area contributed by atoms with Crippen molar-refractivity contribution in [3.63, 3.8) is 0 Å². The van der Waals surface area contributed by atoms with Crippen molar-refractivity contribution in [2.75, 3.05) is 4.90 Å². The fraction of sp³-hybridized carbons (Fsp3) is 0.0294. The SMILES string of the molecule is c1ccc2c(c1)-c1ccccc1C21c2ccccc2-c2ccc(N(c3ccc(-c4ccc5oc6ccccc6c5c4)cc3)c3cccc4c3-c3ccccc3C43c4ccccc4-c4ccccc43)cc21. The van der Waals surface area contributed by atoms with E-state index in [0.717, 1.165) is 50.1 Å². The molecule has 16 rings (SSSR count). The van der Waals surface area contributed by atoms with Crippen molar-refractivity contribution in [3.05, 3.63) is 293 Å². The van der Waals surface area contributed by atoms with Crippen molar-refractivity contribution in [2.45, 2.75) is 10.8 Å². The van der Waals surface area contributed by atoms with E-state index in [4.69, 9.17) is 4.42 Å². The summed E-state index contributed by atoms with van der Waals surface area (Å²) in [6, 6.07) is 93.1. The molecule has 1 heterocycles. The number of fused-ring (bicyclic) bond motifs is 23. The smallest absolute Gasteiger partial charge is 0.135 e. The van der Waals surface area contributed by atoms with Gasteiger partial charge in [-0.3, -0.25) is 0 Å². The zero-order chi connectivity index (χ0) is 45.7. The van der Waals surface area contributed by atoms with Crippen molar-refractivity contribution in [3.8, 4) is 55.6 Å². The first-order chi connectivity index (χ1) is 34.7. The summed E-state index contributed by atoms with van der Waals surface area (Å²) in [4.78, 5) is 2.54. The maximum Gasteiger partial charge on any atom is 0.135 e. The van der Waals surface area contributed by atoms with Crippen LogP contribution in [0, 0.1) is 0 Å². The van der Waals surface area contributed by atoms with Crippen molar-refractivity contribution >= 4 is 39.0 Å². The minimum atomic E-state index is -0.479. The molecule has 0 bridgehead atoms. The Hall–Kier alpha value is -8.98. The van der Waals surface area contributed by atoms with Gasteiger partial charge >= 0.3 is 0 Å². The third-order valence-corrected chi connectivity index (χ3v) is 16.3. The molecule has 0 amide bonds. The Morgan fingerprint density at radius 1 is 0.271 bits per heavy atom. The Morgan fingerprint density at radius 2 is 0.700 bits per heavy atom. The molecule has 70 heavy (non-hydrogen) atoms. The van der Waals surface area contributed by atoms with Gasteiger partial charge in [-0.25, -0.2) is 0 Å². The molecule has 11 aromatic carbocycles. The topological polar surface area (TPSA) is 16.4 Å². The zero-order valence-electron chi connectivity index (χ0n) is 38.0. The first-order valence-corrected chi connectivity index (χ1v) is 24.4. The number of para-hydroxylation sites is 1. The Morgan fingerprint density at radius 3 is 1.29 bits per heavy atom. The van der Waals surface area contributed by atoms with Crippen LogP contribution in [-0.2, 0) is 10.8 Å². The van der Waals surface area contributed by atoms with Gasteiger partial charge in [0, 0.05) is 27.7 Å². The predicted octanol–water partition coefficient (Wildman–Crippen LogP) is 17.4. The van der Waals surface area contributed by atoms with Gasteiger partial charge in [0.25, 0.3) is 0 Å². The number of anilines is 3. The molecule has 0 radical (unpaired) electrons. The summed E-state index contributed by atoms with van der Waals surface area (Å²) in [5, 5.41) is 2.26. The summed E-state index contributed by atoms with van der Waals surface area (Å²) in [5.41, 5.74) is 27.5. The summed E-state index contributed by atoms with van der Waals surface area (Å²) >= 11 is 0. The minimum Gasteiger partial charge on any atom is -0.456 e. The van der Waals surface area contributed by atoms with Gasteiger partial charge in [0.2, 0.25) is 0 Å². The molecule has 0 fully saturated rings. The molecule has 2 spiro atoms. The number of nitrogens with zero attached hydrogens (tertiary/aromatic N) is 1. The van der Waals surface area contributed by atoms with Crippen molar-refractivity contribution in [1.82, 2.24) is 0 Å². The Bertz CT molecular complexity index is 4100. The molecular weight excluding hydrogens is 847 g/mol. The molecule has 0 saturated carbocycles. The quantitative estimate of drug-likeness (QED) is 0.175. The second-order valence-corrected chi connectivity index (χ2v) is 19.4. The van der Waals surface area contributed by atoms with Crippen molar-refractivity contribution in [2.24, 2.45) is 0 Å². The second-order valence-electron chi connectivity index (χ2n) is 19.4. The van der Waals surface area contributed by atoms with Gasteiger partial charge in [0.05, 0.1) is 16.5 Å². The van der Waals surface area contributed by atoms with E-state index in [1.807, 2.05) is 12.1 Å². The number of hydrogen-bond donors (Lipinski definition) is 0. The molecule has 324 valence electrons. The lowest BCUT2D eigenvalue weighted by atomic mass is 9.70. The molecule has 0 atom stereocenters. The lowest BCUT2D eigenvalue weighted by molar-refractivity contribution is 0.669. The second kappa shape index (κ2) is 13.8. The molecule has 4 aliphatic rings. The van der Waals surface area contributed by atoms with E-state index in [-0.39, 0.29) is 0 Å². The van der Waals surface area contributed by atoms with Gasteiger partial charge < -0.3 is 9.32 Å². The van der Waals surface area contributed by atoms with Crippen molar-refractivity contribution < 1.29 is 4.42 Å². The number of rotatable bonds is 4. The van der Waals surface area contributed by atoms with Crippen LogP contribution in [0.25, 0.3) is 77.6 Å². The Balaban J connectivity index is 0.957. The highest BCUT2D eigenvalue weighted by molar-refractivity contribution is 6.07. The number of furan rings is 1. The maximum atomic E-state index is 6.25. The third-order valence-electron chi connectivity index (χ3n) is 16.3. The lowest BCUT2D eigenvalue weighted by Crippen LogP contribution is -2.26. The molecule has 1 aromatic heterocycles. The van der Waals surface area contributed by atoms with Crippen LogP contribution >= 0.6 is 0 Å². The van der Waals surface area contributed by atoms with E-state index in [1.54, 1.807) is 0 Å². The van der Waals surface area contributed by atoms with Crippen LogP contribution in [0.1, 0.15) is 44.5 Å². The van der Waals surface area contributed by atoms with Gasteiger partial charge in [-0.2, -0.15) is 0 Å². The van der Waals surface area contributed by atoms with Crippen LogP contribution < -0.4 is 4.90 Å². The Kier molecular flexibility index (Phi) is 7.51. The number of hydrogen-bond acceptors (Lipinski definition) is 2. The monoisotopic (exact) mass is 887 g/mol. The van der Waals surface area contributed by atoms with Crippen LogP contribution in [0.5, 0.6) is 0 Å². The highest BCUT2D eigenvalue weighted by Crippen LogP contribution is 2.66. The van der Waals surface area contributed by atoms with Gasteiger partial charge in [-0.1, -0.05) is 200 Å². The summed E-state index contributed by atoms with van der Waals surface area (Å²) in [6.45, 7) is 0. The lowest BCUT2D eigenvalue weighted by Gasteiger charge is -2.33. The van der Waals surface area contributed by atoms with E-state index in [1.165, 1.54) is 89.0 Å². The van der Waals surface area contributed by atoms with Crippen molar-refractivity contribution in [1.29, 1.82) is 0 Å². The average molecular weight is 888 g/mol. The van der Waals surface area contributed by atoms with E-state index in [2.05, 4.69) is 241 Å². The third kappa shape index (κ3) is 4.68. The zero-order valence-corrected chi connectivity index (χ0v) is 38.0. The highest BCUT2D eigenvalue weighted by atomic mass is 16.3. The van der Waals surface area contributed by atoms with Crippen LogP contribution in [0.4, 0.5) is 17.1 Å². The van der Waals surface area contributed by atoms with Gasteiger partial charge in [0.1, 0.15) is 11.2 Å². The van der Waals surface area contributed by atoms with Gasteiger partial charge in [-0.05, 0) is 143 Å². The first kappa shape index (κ1) is 38.0. The fourth-order valence-electron chi connectivity index (χ4n) is 13.7. The summed E-state index contributed by atoms with van der Waals surface area (Å²) in [7, 11) is 0. The molecule has 2 heteroatoms. The predicted molar refractivity (Wildman–Crippen MR) is 286 cm³/mol. The van der Waals surface area contributed by atoms with Gasteiger partial charge in [0.15, 0.2) is 0 Å². The summed E-state index contributed by atoms with van der Waals surface area (Å²) in [6.07, 6.45) is 0. The largest absolute Gasteiger partial charge is 0.456 e. The number of benzene rings is 11. The summed E-state index contributed by atoms with van der Waals surface area (Å²) < 4.78 is 6.25. The first-order valence-electron chi connectivity index (χ1n) is 24.4. The van der Waals surface area contributed by atoms with E-state index < -0.39 is 10.8 Å². The van der Waals surface area contributed by atoms with Crippen LogP contribution in [-0.4, -0.2) is 0 Å². The Labute approximate surface area is 406 Å². The van der Waals surface area contributed by atoms with Crippen LogP contribution in [0.2, 0.25) is 0 Å². The molecular formula is C68H41NO. The maximum absolute atomic E-state index is 6.25. The van der Waals surface area contributed by atoms with Crippen LogP contribution in [0.3, 0.4) is 0 Å². The standard InChI is InChI=1S/C68H41NO/c1-8-23-55-46(16-1)47-17-2-9-24-56(47)67(55)60-28-13-6-22-53(60)66-61(67)29-15-30-63(66)69(44-35-32-42(33-36-44)43-34-39-65-54(40-43)52-21-7-14-31-64(52)70-65)45-37-38-51-50-20-5-12-27-59(50)68(62(51)41-45)57-25-10-3-18-48(57)49-19-4-11-26-58(49)68/h1-41H. The normalized spacial score (nSPS) is 14.2. The average Bonchev–Trinajstić information content (AvgIpc) is 4.21. The molecule has 0 N–H and O–H groups in total. The van der Waals surface area contributed by atoms with Crippen LogP contribution in [0.15, 0.2) is 253 Å². The van der Waals surface area contributed by atoms with E-state index in [9.17, 15) is 0 Å². The molecule has 0 aliphatic heterocycles. The highest BCUT2D eigenvalue weighted by Gasteiger charge is 2.54. The fourth-order valence-corrected chi connectivity index (χ4v) is 13.7. The molecule has 4 aliphatic carbocycles. The van der Waals surface area contributed by atoms with E-state index in [0.29, 0.717) is 0 Å². The molecule has 0 saturated heterocycles. The van der Waals surface area contributed by atoms with E-state index >= 15 is 0 Å². The minimum absolute atomic E-state index is 0.471. The molecule has 12 aromatic rings. The van der Waals surface area contributed by atoms with Gasteiger partial charge in [-0.15, -0.1) is 0 Å².